The van der Waals surface area contributed by atoms with Crippen LogP contribution in [0.3, 0.4) is 0 Å². The fraction of sp³-hybridized carbons (Fsp3) is 0.471. The van der Waals surface area contributed by atoms with E-state index in [-0.39, 0.29) is 17.9 Å². The van der Waals surface area contributed by atoms with Gasteiger partial charge in [0.25, 0.3) is 11.8 Å². The maximum absolute atomic E-state index is 12.5. The van der Waals surface area contributed by atoms with Crippen LogP contribution in [-0.2, 0) is 4.74 Å². The molecular formula is C17H21N3O4. The molecule has 0 spiro atoms. The molecule has 0 saturated carbocycles. The summed E-state index contributed by atoms with van der Waals surface area (Å²) in [6.07, 6.45) is -0.371. The second kappa shape index (κ2) is 5.90. The Hall–Kier alpha value is -2.41. The summed E-state index contributed by atoms with van der Waals surface area (Å²) in [5.41, 5.74) is 0.311. The van der Waals surface area contributed by atoms with Gasteiger partial charge < -0.3 is 9.64 Å². The SMILES string of the molecule is CC(C)(C)OC(=O)N1CCN(N2C(=O)c3ccccc3C2=O)CC1. The Morgan fingerprint density at radius 1 is 0.958 bits per heavy atom. The van der Waals surface area contributed by atoms with Crippen molar-refractivity contribution >= 4 is 17.9 Å². The molecule has 0 bridgehead atoms. The summed E-state index contributed by atoms with van der Waals surface area (Å²) in [6.45, 7) is 7.08. The van der Waals surface area contributed by atoms with Crippen molar-refractivity contribution in [1.29, 1.82) is 0 Å². The van der Waals surface area contributed by atoms with Crippen LogP contribution in [-0.4, -0.2) is 64.6 Å². The zero-order chi connectivity index (χ0) is 17.5. The van der Waals surface area contributed by atoms with Gasteiger partial charge in [-0.25, -0.2) is 14.8 Å². The average Bonchev–Trinajstić information content (AvgIpc) is 2.78. The first-order valence-corrected chi connectivity index (χ1v) is 7.98. The quantitative estimate of drug-likeness (QED) is 0.733. The number of nitrogens with zero attached hydrogens (tertiary/aromatic N) is 3. The van der Waals surface area contributed by atoms with Gasteiger partial charge in [-0.2, -0.15) is 0 Å². The second-order valence-corrected chi connectivity index (χ2v) is 6.89. The van der Waals surface area contributed by atoms with E-state index >= 15 is 0 Å². The first-order valence-electron chi connectivity index (χ1n) is 7.98. The van der Waals surface area contributed by atoms with Crippen molar-refractivity contribution in [2.45, 2.75) is 26.4 Å². The number of imide groups is 1. The third-order valence-electron chi connectivity index (χ3n) is 3.96. The van der Waals surface area contributed by atoms with E-state index in [0.29, 0.717) is 37.3 Å². The lowest BCUT2D eigenvalue weighted by Crippen LogP contribution is -2.57. The lowest BCUT2D eigenvalue weighted by molar-refractivity contribution is -0.0287. The fourth-order valence-corrected chi connectivity index (χ4v) is 2.84. The number of amides is 3. The molecule has 128 valence electrons. The molecule has 1 aromatic carbocycles. The lowest BCUT2D eigenvalue weighted by atomic mass is 10.1. The molecule has 0 unspecified atom stereocenters. The van der Waals surface area contributed by atoms with Gasteiger partial charge in [-0.15, -0.1) is 0 Å². The summed E-state index contributed by atoms with van der Waals surface area (Å²) >= 11 is 0. The summed E-state index contributed by atoms with van der Waals surface area (Å²) in [6, 6.07) is 6.81. The van der Waals surface area contributed by atoms with Gasteiger partial charge in [0.05, 0.1) is 11.1 Å². The van der Waals surface area contributed by atoms with E-state index in [1.165, 1.54) is 5.01 Å². The van der Waals surface area contributed by atoms with Crippen LogP contribution in [0.5, 0.6) is 0 Å². The van der Waals surface area contributed by atoms with Crippen molar-refractivity contribution in [3.05, 3.63) is 35.4 Å². The fourth-order valence-electron chi connectivity index (χ4n) is 2.84. The lowest BCUT2D eigenvalue weighted by Gasteiger charge is -2.38. The molecule has 2 aliphatic rings. The largest absolute Gasteiger partial charge is 0.444 e. The Morgan fingerprint density at radius 3 is 1.92 bits per heavy atom. The van der Waals surface area contributed by atoms with Crippen LogP contribution in [0.1, 0.15) is 41.5 Å². The minimum atomic E-state index is -0.545. The molecule has 7 nitrogen and oxygen atoms in total. The van der Waals surface area contributed by atoms with Gasteiger partial charge in [0.1, 0.15) is 5.60 Å². The molecule has 0 radical (unpaired) electrons. The molecule has 2 heterocycles. The number of rotatable bonds is 1. The topological polar surface area (TPSA) is 70.2 Å². The molecule has 7 heteroatoms. The number of hydrogen-bond acceptors (Lipinski definition) is 5. The maximum Gasteiger partial charge on any atom is 0.410 e. The van der Waals surface area contributed by atoms with Crippen LogP contribution in [0.2, 0.25) is 0 Å². The Labute approximate surface area is 140 Å². The summed E-state index contributed by atoms with van der Waals surface area (Å²) in [5.74, 6) is -0.609. The van der Waals surface area contributed by atoms with Crippen LogP contribution in [0, 0.1) is 0 Å². The minimum absolute atomic E-state index is 0.304. The molecule has 2 aliphatic heterocycles. The average molecular weight is 331 g/mol. The molecule has 0 aromatic heterocycles. The monoisotopic (exact) mass is 331 g/mol. The number of benzene rings is 1. The predicted octanol–water partition coefficient (Wildman–Crippen LogP) is 1.75. The molecule has 24 heavy (non-hydrogen) atoms. The van der Waals surface area contributed by atoms with Crippen LogP contribution in [0.4, 0.5) is 4.79 Å². The predicted molar refractivity (Wildman–Crippen MR) is 86.3 cm³/mol. The third-order valence-corrected chi connectivity index (χ3v) is 3.96. The van der Waals surface area contributed by atoms with Gasteiger partial charge in [0.15, 0.2) is 0 Å². The first kappa shape index (κ1) is 16.4. The number of piperazine rings is 1. The van der Waals surface area contributed by atoms with Crippen LogP contribution < -0.4 is 0 Å². The number of hydrogen-bond donors (Lipinski definition) is 0. The Kier molecular flexibility index (Phi) is 4.04. The highest BCUT2D eigenvalue weighted by Gasteiger charge is 2.40. The molecular weight excluding hydrogens is 310 g/mol. The van der Waals surface area contributed by atoms with E-state index in [4.69, 9.17) is 4.74 Å². The highest BCUT2D eigenvalue weighted by molar-refractivity contribution is 6.20. The Balaban J connectivity index is 1.65. The van der Waals surface area contributed by atoms with E-state index in [0.717, 1.165) is 0 Å². The molecule has 1 fully saturated rings. The molecule has 1 saturated heterocycles. The van der Waals surface area contributed by atoms with Crippen LogP contribution >= 0.6 is 0 Å². The number of carbonyl (C=O) groups excluding carboxylic acids is 3. The molecule has 0 aliphatic carbocycles. The van der Waals surface area contributed by atoms with E-state index in [1.54, 1.807) is 34.2 Å². The van der Waals surface area contributed by atoms with Gasteiger partial charge in [-0.05, 0) is 32.9 Å². The normalized spacial score (nSPS) is 18.8. The third kappa shape index (κ3) is 2.99. The zero-order valence-corrected chi connectivity index (χ0v) is 14.1. The summed E-state index contributed by atoms with van der Waals surface area (Å²) in [5, 5.41) is 2.89. The smallest absolute Gasteiger partial charge is 0.410 e. The van der Waals surface area contributed by atoms with Gasteiger partial charge >= 0.3 is 6.09 Å². The highest BCUT2D eigenvalue weighted by Crippen LogP contribution is 2.25. The van der Waals surface area contributed by atoms with E-state index < -0.39 is 5.60 Å². The number of carbonyl (C=O) groups is 3. The Bertz CT molecular complexity index is 652. The molecule has 0 N–H and O–H groups in total. The zero-order valence-electron chi connectivity index (χ0n) is 14.1. The van der Waals surface area contributed by atoms with E-state index in [1.807, 2.05) is 20.8 Å². The maximum atomic E-state index is 12.5. The number of hydrazine groups is 1. The molecule has 3 rings (SSSR count). The minimum Gasteiger partial charge on any atom is -0.444 e. The summed E-state index contributed by atoms with van der Waals surface area (Å²) in [7, 11) is 0. The standard InChI is InChI=1S/C17H21N3O4/c1-17(2,3)24-16(23)18-8-10-19(11-9-18)20-14(21)12-6-4-5-7-13(12)15(20)22/h4-7H,8-11H2,1-3H3. The summed E-state index contributed by atoms with van der Waals surface area (Å²) in [4.78, 5) is 38.6. The van der Waals surface area contributed by atoms with Crippen LogP contribution in [0.25, 0.3) is 0 Å². The molecule has 1 aromatic rings. The second-order valence-electron chi connectivity index (χ2n) is 6.89. The van der Waals surface area contributed by atoms with Gasteiger partial charge in [0, 0.05) is 26.2 Å². The van der Waals surface area contributed by atoms with Gasteiger partial charge in [-0.1, -0.05) is 12.1 Å². The van der Waals surface area contributed by atoms with E-state index in [9.17, 15) is 14.4 Å². The van der Waals surface area contributed by atoms with Crippen molar-refractivity contribution in [1.82, 2.24) is 14.9 Å². The molecule has 0 atom stereocenters. The first-order chi connectivity index (χ1) is 11.3. The van der Waals surface area contributed by atoms with Crippen molar-refractivity contribution in [3.8, 4) is 0 Å². The van der Waals surface area contributed by atoms with Crippen LogP contribution in [0.15, 0.2) is 24.3 Å². The van der Waals surface area contributed by atoms with Gasteiger partial charge in [-0.3, -0.25) is 9.59 Å². The van der Waals surface area contributed by atoms with Crippen molar-refractivity contribution in [2.75, 3.05) is 26.2 Å². The summed E-state index contributed by atoms with van der Waals surface area (Å²) < 4.78 is 5.35. The molecule has 3 amide bonds. The highest BCUT2D eigenvalue weighted by atomic mass is 16.6. The van der Waals surface area contributed by atoms with Gasteiger partial charge in [0.2, 0.25) is 0 Å². The Morgan fingerprint density at radius 2 is 1.46 bits per heavy atom. The number of ether oxygens (including phenoxy) is 1. The van der Waals surface area contributed by atoms with Crippen molar-refractivity contribution < 1.29 is 19.1 Å². The van der Waals surface area contributed by atoms with Crippen molar-refractivity contribution in [2.24, 2.45) is 0 Å². The van der Waals surface area contributed by atoms with E-state index in [2.05, 4.69) is 0 Å². The van der Waals surface area contributed by atoms with Crippen molar-refractivity contribution in [3.63, 3.8) is 0 Å². The number of fused-ring (bicyclic) bond motifs is 1.